The van der Waals surface area contributed by atoms with E-state index in [2.05, 4.69) is 26.2 Å². The number of halogens is 1. The monoisotopic (exact) mass is 286 g/mol. The lowest BCUT2D eigenvalue weighted by molar-refractivity contribution is -0.0198. The fourth-order valence-corrected chi connectivity index (χ4v) is 5.17. The molecule has 3 fully saturated rings. The molecule has 0 heterocycles. The SMILES string of the molecule is C=C/C=C\C=C1\CCC2C(C1)C(F)CC1(C)C(=C)CCC21. The lowest BCUT2D eigenvalue weighted by Gasteiger charge is -2.51. The van der Waals surface area contributed by atoms with E-state index in [4.69, 9.17) is 0 Å². The molecule has 0 saturated heterocycles. The van der Waals surface area contributed by atoms with Crippen LogP contribution in [0.4, 0.5) is 4.39 Å². The molecule has 0 aromatic heterocycles. The van der Waals surface area contributed by atoms with Crippen LogP contribution in [0.5, 0.6) is 0 Å². The van der Waals surface area contributed by atoms with Crippen molar-refractivity contribution in [3.63, 3.8) is 0 Å². The average molecular weight is 286 g/mol. The average Bonchev–Trinajstić information content (AvgIpc) is 2.75. The van der Waals surface area contributed by atoms with Crippen molar-refractivity contribution in [2.45, 2.75) is 51.6 Å². The van der Waals surface area contributed by atoms with Gasteiger partial charge >= 0.3 is 0 Å². The summed E-state index contributed by atoms with van der Waals surface area (Å²) in [6.45, 7) is 10.2. The summed E-state index contributed by atoms with van der Waals surface area (Å²) in [6.07, 6.45) is 13.6. The molecule has 0 aliphatic heterocycles. The third-order valence-corrected chi connectivity index (χ3v) is 6.41. The van der Waals surface area contributed by atoms with Crippen molar-refractivity contribution >= 4 is 0 Å². The van der Waals surface area contributed by atoms with Crippen LogP contribution in [0.2, 0.25) is 0 Å². The van der Waals surface area contributed by atoms with Crippen LogP contribution in [0.25, 0.3) is 0 Å². The van der Waals surface area contributed by atoms with Gasteiger partial charge in [0.05, 0.1) is 0 Å². The van der Waals surface area contributed by atoms with Gasteiger partial charge < -0.3 is 0 Å². The van der Waals surface area contributed by atoms with E-state index >= 15 is 0 Å². The van der Waals surface area contributed by atoms with E-state index in [1.807, 2.05) is 12.2 Å². The van der Waals surface area contributed by atoms with Crippen LogP contribution in [0, 0.1) is 23.2 Å². The number of fused-ring (bicyclic) bond motifs is 3. The second kappa shape index (κ2) is 5.59. The minimum atomic E-state index is -0.654. The summed E-state index contributed by atoms with van der Waals surface area (Å²) < 4.78 is 14.8. The maximum absolute atomic E-state index is 14.8. The number of rotatable bonds is 2. The molecule has 0 spiro atoms. The van der Waals surface area contributed by atoms with Crippen LogP contribution >= 0.6 is 0 Å². The molecule has 1 heteroatoms. The summed E-state index contributed by atoms with van der Waals surface area (Å²) >= 11 is 0. The second-order valence-electron chi connectivity index (χ2n) is 7.40. The van der Waals surface area contributed by atoms with Crippen LogP contribution in [0.1, 0.15) is 45.4 Å². The number of hydrogen-bond donors (Lipinski definition) is 0. The zero-order valence-electron chi connectivity index (χ0n) is 13.2. The van der Waals surface area contributed by atoms with Crippen molar-refractivity contribution in [2.75, 3.05) is 0 Å². The first-order valence-corrected chi connectivity index (χ1v) is 8.35. The van der Waals surface area contributed by atoms with Gasteiger partial charge in [0.25, 0.3) is 0 Å². The van der Waals surface area contributed by atoms with Crippen molar-refractivity contribution in [2.24, 2.45) is 23.2 Å². The van der Waals surface area contributed by atoms with Crippen molar-refractivity contribution in [3.8, 4) is 0 Å². The van der Waals surface area contributed by atoms with E-state index in [9.17, 15) is 4.39 Å². The fraction of sp³-hybridized carbons (Fsp3) is 0.600. The Morgan fingerprint density at radius 1 is 1.19 bits per heavy atom. The van der Waals surface area contributed by atoms with Gasteiger partial charge in [-0.25, -0.2) is 4.39 Å². The molecular formula is C20H27F. The van der Waals surface area contributed by atoms with E-state index in [1.165, 1.54) is 17.6 Å². The Kier molecular flexibility index (Phi) is 3.94. The molecule has 0 aromatic carbocycles. The largest absolute Gasteiger partial charge is 0.247 e. The molecule has 3 saturated carbocycles. The van der Waals surface area contributed by atoms with Gasteiger partial charge in [-0.15, -0.1) is 0 Å². The molecule has 21 heavy (non-hydrogen) atoms. The second-order valence-corrected chi connectivity index (χ2v) is 7.40. The summed E-state index contributed by atoms with van der Waals surface area (Å²) in [5.74, 6) is 1.48. The standard InChI is InChI=1S/C20H27F/c1-4-5-6-7-15-9-10-16-17(12-15)19(21)13-20(3)14(2)8-11-18(16)20/h4-7,16-19H,1-2,8-13H2,3H3/b6-5-,15-7-. The number of allylic oxidation sites excluding steroid dienone is 6. The number of hydrogen-bond acceptors (Lipinski definition) is 0. The minimum Gasteiger partial charge on any atom is -0.247 e. The summed E-state index contributed by atoms with van der Waals surface area (Å²) in [5, 5.41) is 0. The lowest BCUT2D eigenvalue weighted by atomic mass is 9.55. The molecule has 5 atom stereocenters. The molecule has 0 N–H and O–H groups in total. The van der Waals surface area contributed by atoms with Gasteiger partial charge in [-0.05, 0) is 61.7 Å². The molecule has 5 unspecified atom stereocenters. The summed E-state index contributed by atoms with van der Waals surface area (Å²) in [6, 6.07) is 0. The summed E-state index contributed by atoms with van der Waals surface area (Å²) in [4.78, 5) is 0. The van der Waals surface area contributed by atoms with Crippen LogP contribution in [-0.2, 0) is 0 Å². The quantitative estimate of drug-likeness (QED) is 0.445. The topological polar surface area (TPSA) is 0 Å². The van der Waals surface area contributed by atoms with Crippen molar-refractivity contribution in [1.82, 2.24) is 0 Å². The zero-order chi connectivity index (χ0) is 15.0. The van der Waals surface area contributed by atoms with Crippen LogP contribution < -0.4 is 0 Å². The predicted octanol–water partition coefficient (Wildman–Crippen LogP) is 5.79. The van der Waals surface area contributed by atoms with Gasteiger partial charge in [0.15, 0.2) is 0 Å². The van der Waals surface area contributed by atoms with E-state index < -0.39 is 6.17 Å². The Labute approximate surface area is 128 Å². The van der Waals surface area contributed by atoms with Crippen LogP contribution in [0.15, 0.2) is 48.6 Å². The summed E-state index contributed by atoms with van der Waals surface area (Å²) in [5.41, 5.74) is 2.80. The Hall–Kier alpha value is -1.11. The van der Waals surface area contributed by atoms with Crippen LogP contribution in [0.3, 0.4) is 0 Å². The normalized spacial score (nSPS) is 44.9. The molecule has 0 bridgehead atoms. The van der Waals surface area contributed by atoms with Gasteiger partial charge in [-0.2, -0.15) is 0 Å². The van der Waals surface area contributed by atoms with E-state index in [1.54, 1.807) is 6.08 Å². The highest BCUT2D eigenvalue weighted by atomic mass is 19.1. The lowest BCUT2D eigenvalue weighted by Crippen LogP contribution is -2.46. The first kappa shape index (κ1) is 14.8. The van der Waals surface area contributed by atoms with E-state index in [0.29, 0.717) is 18.3 Å². The molecule has 3 aliphatic carbocycles. The van der Waals surface area contributed by atoms with Gasteiger partial charge in [-0.1, -0.05) is 55.5 Å². The first-order valence-electron chi connectivity index (χ1n) is 8.35. The molecule has 0 amide bonds. The highest BCUT2D eigenvalue weighted by Gasteiger charge is 2.55. The van der Waals surface area contributed by atoms with Gasteiger partial charge in [0.2, 0.25) is 0 Å². The maximum atomic E-state index is 14.8. The third-order valence-electron chi connectivity index (χ3n) is 6.41. The van der Waals surface area contributed by atoms with Gasteiger partial charge in [0, 0.05) is 0 Å². The molecule has 0 nitrogen and oxygen atoms in total. The predicted molar refractivity (Wildman–Crippen MR) is 87.7 cm³/mol. The van der Waals surface area contributed by atoms with Crippen LogP contribution in [-0.4, -0.2) is 6.17 Å². The molecule has 3 rings (SSSR count). The highest BCUT2D eigenvalue weighted by Crippen LogP contribution is 2.61. The molecule has 114 valence electrons. The van der Waals surface area contributed by atoms with E-state index in [0.717, 1.165) is 25.7 Å². The Balaban J connectivity index is 1.79. The van der Waals surface area contributed by atoms with Crippen molar-refractivity contribution < 1.29 is 4.39 Å². The summed E-state index contributed by atoms with van der Waals surface area (Å²) in [7, 11) is 0. The molecular weight excluding hydrogens is 259 g/mol. The molecule has 3 aliphatic rings. The van der Waals surface area contributed by atoms with E-state index in [-0.39, 0.29) is 11.3 Å². The Bertz CT molecular complexity index is 498. The van der Waals surface area contributed by atoms with Crippen molar-refractivity contribution in [1.29, 1.82) is 0 Å². The number of alkyl halides is 1. The Morgan fingerprint density at radius 3 is 2.76 bits per heavy atom. The minimum absolute atomic E-state index is 0.0740. The fourth-order valence-electron chi connectivity index (χ4n) is 5.17. The van der Waals surface area contributed by atoms with Gasteiger partial charge in [-0.3, -0.25) is 0 Å². The van der Waals surface area contributed by atoms with Crippen molar-refractivity contribution in [3.05, 3.63) is 48.6 Å². The highest BCUT2D eigenvalue weighted by molar-refractivity contribution is 5.24. The zero-order valence-corrected chi connectivity index (χ0v) is 13.2. The Morgan fingerprint density at radius 2 is 2.00 bits per heavy atom. The third kappa shape index (κ3) is 2.45. The molecule has 0 aromatic rings. The van der Waals surface area contributed by atoms with Gasteiger partial charge in [0.1, 0.15) is 6.17 Å². The smallest absolute Gasteiger partial charge is 0.104 e. The maximum Gasteiger partial charge on any atom is 0.104 e. The first-order chi connectivity index (χ1) is 10.1. The molecule has 0 radical (unpaired) electrons.